The molecule has 12 aliphatic rings. The molecule has 113 heavy (non-hydrogen) atoms. The van der Waals surface area contributed by atoms with Crippen LogP contribution in [0.2, 0.25) is 0 Å². The van der Waals surface area contributed by atoms with Crippen LogP contribution in [-0.2, 0) is 57.2 Å². The van der Waals surface area contributed by atoms with Crippen LogP contribution in [0.25, 0.3) is 0 Å². The maximum Gasteiger partial charge on any atom is 0.317 e. The van der Waals surface area contributed by atoms with Crippen LogP contribution >= 0.6 is 0 Å². The van der Waals surface area contributed by atoms with Gasteiger partial charge in [0.05, 0.1) is 21.3 Å². The van der Waals surface area contributed by atoms with E-state index in [1.165, 1.54) is 192 Å². The molecule has 650 valence electrons. The summed E-state index contributed by atoms with van der Waals surface area (Å²) < 4.78 is 30.9. The Balaban J connectivity index is 0.000000260. The van der Waals surface area contributed by atoms with E-state index in [9.17, 15) is 28.8 Å². The van der Waals surface area contributed by atoms with Crippen LogP contribution in [0.15, 0.2) is 34.9 Å². The van der Waals surface area contributed by atoms with E-state index < -0.39 is 35.8 Å². The van der Waals surface area contributed by atoms with E-state index in [0.29, 0.717) is 16.2 Å². The van der Waals surface area contributed by atoms with Crippen molar-refractivity contribution < 1.29 is 57.2 Å². The zero-order valence-corrected chi connectivity index (χ0v) is 72.9. The highest BCUT2D eigenvalue weighted by molar-refractivity contribution is 5.92. The Hall–Kier alpha value is -3.96. The van der Waals surface area contributed by atoms with Crippen molar-refractivity contribution in [2.24, 2.45) is 151 Å². The van der Waals surface area contributed by atoms with Crippen LogP contribution in [0.1, 0.15) is 379 Å². The summed E-state index contributed by atoms with van der Waals surface area (Å²) in [7, 11) is 3.92. The lowest BCUT2D eigenvalue weighted by Crippen LogP contribution is -2.51. The lowest BCUT2D eigenvalue weighted by Gasteiger charge is -2.58. The van der Waals surface area contributed by atoms with Gasteiger partial charge in [0, 0.05) is 19.3 Å². The van der Waals surface area contributed by atoms with Crippen LogP contribution in [0, 0.1) is 151 Å². The first-order valence-corrected chi connectivity index (χ1v) is 45.5. The van der Waals surface area contributed by atoms with Gasteiger partial charge in [-0.25, -0.2) is 0 Å². The number of hydrogen-bond acceptors (Lipinski definition) is 12. The van der Waals surface area contributed by atoms with E-state index in [2.05, 4.69) is 150 Å². The highest BCUT2D eigenvalue weighted by Gasteiger charge is 2.63. The smallest absolute Gasteiger partial charge is 0.317 e. The molecule has 12 aliphatic carbocycles. The number of rotatable bonds is 26. The molecule has 0 bridgehead atoms. The van der Waals surface area contributed by atoms with E-state index in [1.807, 2.05) is 0 Å². The van der Waals surface area contributed by atoms with Crippen LogP contribution in [0.3, 0.4) is 0 Å². The number of carbonyl (C=O) groups excluding carboxylic acids is 6. The molecular formula is C101H174O12. The maximum atomic E-state index is 12.2. The van der Waals surface area contributed by atoms with E-state index >= 15 is 0 Å². The zero-order chi connectivity index (χ0) is 79.3. The first-order chi connectivity index (χ1) is 51.6. The van der Waals surface area contributed by atoms with Crippen LogP contribution in [0.4, 0.5) is 0 Å². The van der Waals surface area contributed by atoms with Crippen molar-refractivity contribution in [3.8, 4) is 0 Å². The van der Waals surface area contributed by atoms with Gasteiger partial charge in [0.25, 0.3) is 0 Å². The Morgan fingerprint density at radius 3 is 0.894 bits per heavy atom. The summed E-state index contributed by atoms with van der Waals surface area (Å²) in [6.07, 6.45) is 47.7. The Labute approximate surface area is 693 Å². The molecule has 9 saturated carbocycles. The Kier molecular flexibility index (Phi) is 35.8. The Bertz CT molecular complexity index is 3050. The second-order valence-corrected chi connectivity index (χ2v) is 41.5. The van der Waals surface area contributed by atoms with Crippen molar-refractivity contribution in [1.29, 1.82) is 0 Å². The van der Waals surface area contributed by atoms with Crippen molar-refractivity contribution in [2.75, 3.05) is 21.3 Å². The quantitative estimate of drug-likeness (QED) is 0.0350. The third kappa shape index (κ3) is 21.1. The average molecular weight is 1580 g/mol. The SMILES string of the molecule is C.C.C.C.CCC(CCC(C)C1CCC2C3CC=C4CC(OC(=O)CC(=O)OC)CCC4(C)C3CCC12C)C(C)C.CC[C@H](CC[C@@H](C)[C@H]1CC[C@H]2[C@@H]3CC=C4C[C@@H](OC(=O)CC(=O)OC)CC[C@]4(C)[C@H]3CC[C@]12C)C(C)C.COC(=O)CC(=O)O[C@H]1CC[C@@]2(C)C(=CC[C@H]3[C@@H]4CC[C@H]([C@H](C)CCCC(C)C)[C@@]4(C)CC[C@@H]32)C1. The summed E-state index contributed by atoms with van der Waals surface area (Å²) in [5, 5.41) is 0. The van der Waals surface area contributed by atoms with Crippen LogP contribution in [-0.4, -0.2) is 75.5 Å². The van der Waals surface area contributed by atoms with Crippen molar-refractivity contribution in [3.63, 3.8) is 0 Å². The fraction of sp³-hybridized carbons (Fsp3) is 0.881. The van der Waals surface area contributed by atoms with Gasteiger partial charge in [0.2, 0.25) is 0 Å². The Morgan fingerprint density at radius 2 is 0.637 bits per heavy atom. The number of ether oxygens (including phenoxy) is 6. The molecular weight excluding hydrogens is 1410 g/mol. The predicted molar refractivity (Wildman–Crippen MR) is 464 cm³/mol. The summed E-state index contributed by atoms with van der Waals surface area (Å²) >= 11 is 0. The summed E-state index contributed by atoms with van der Waals surface area (Å²) in [6.45, 7) is 42.3. The van der Waals surface area contributed by atoms with E-state index in [-0.39, 0.29) is 83.5 Å². The minimum absolute atomic E-state index is 0. The number of hydrogen-bond donors (Lipinski definition) is 0. The molecule has 12 nitrogen and oxygen atoms in total. The van der Waals surface area contributed by atoms with Gasteiger partial charge in [-0.2, -0.15) is 0 Å². The van der Waals surface area contributed by atoms with Gasteiger partial charge >= 0.3 is 35.8 Å². The molecule has 9 fully saturated rings. The number of esters is 6. The van der Waals surface area contributed by atoms with Crippen molar-refractivity contribution in [3.05, 3.63) is 34.9 Å². The summed E-state index contributed by atoms with van der Waals surface area (Å²) in [5.74, 6) is 13.7. The van der Waals surface area contributed by atoms with Gasteiger partial charge in [0.15, 0.2) is 0 Å². The number of methoxy groups -OCH3 is 3. The van der Waals surface area contributed by atoms with Gasteiger partial charge in [-0.1, -0.05) is 227 Å². The standard InChI is InChI=1S/2C33H54O4.C31H50O4.4CH4/c2*1-8-23(21(2)3)10-9-22(4)27-13-14-28-26-12-11-24-19-25(37-31(35)20-30(34)36-7)15-17-32(24,5)29(26)16-18-33(27,28)6;1-20(2)8-7-9-21(3)25-12-13-26-24-11-10-22-18-23(35-29(33)19-28(32)34-6)14-16-30(22,4)27(24)15-17-31(25,26)5;;;;/h2*11,21-23,25-29H,8-10,12-20H2,1-7H3;10,20-21,23-27H,7-9,11-19H2,1-6H3;4*1H4/t22-,23-,25+,26+,27-,28+,29+,32+,33-;;21-,23+,24+,25-,26+,27+,30+,31-;;;;/m1.1..../s1. The normalized spacial score (nSPS) is 37.4. The van der Waals surface area contributed by atoms with Crippen LogP contribution in [0.5, 0.6) is 0 Å². The molecule has 0 aromatic heterocycles. The van der Waals surface area contributed by atoms with Gasteiger partial charge in [0.1, 0.15) is 37.6 Å². The molecule has 0 aromatic carbocycles. The summed E-state index contributed by atoms with van der Waals surface area (Å²) in [4.78, 5) is 70.9. The monoisotopic (exact) mass is 1580 g/mol. The van der Waals surface area contributed by atoms with Gasteiger partial charge < -0.3 is 28.4 Å². The minimum Gasteiger partial charge on any atom is -0.469 e. The number of fused-ring (bicyclic) bond motifs is 15. The van der Waals surface area contributed by atoms with E-state index in [0.717, 1.165) is 176 Å². The molecule has 0 N–H and O–H groups in total. The predicted octanol–water partition coefficient (Wildman–Crippen LogP) is 26.3. The molecule has 0 aromatic rings. The van der Waals surface area contributed by atoms with Crippen molar-refractivity contribution in [1.82, 2.24) is 0 Å². The summed E-state index contributed by atoms with van der Waals surface area (Å²) in [6, 6.07) is 0. The van der Waals surface area contributed by atoms with Crippen molar-refractivity contribution in [2.45, 2.75) is 397 Å². The highest BCUT2D eigenvalue weighted by Crippen LogP contribution is 2.71. The first-order valence-electron chi connectivity index (χ1n) is 45.5. The lowest BCUT2D eigenvalue weighted by molar-refractivity contribution is -0.160. The van der Waals surface area contributed by atoms with Crippen molar-refractivity contribution >= 4 is 35.8 Å². The van der Waals surface area contributed by atoms with Gasteiger partial charge in [-0.3, -0.25) is 28.8 Å². The summed E-state index contributed by atoms with van der Waals surface area (Å²) in [5.41, 5.74) is 6.79. The van der Waals surface area contributed by atoms with Crippen LogP contribution < -0.4 is 0 Å². The highest BCUT2D eigenvalue weighted by atomic mass is 16.6. The third-order valence-corrected chi connectivity index (χ3v) is 35.3. The minimum atomic E-state index is -0.523. The maximum absolute atomic E-state index is 12.2. The molecule has 0 saturated heterocycles. The molecule has 26 atom stereocenters. The molecule has 0 heterocycles. The van der Waals surface area contributed by atoms with Gasteiger partial charge in [-0.05, 0) is 299 Å². The molecule has 9 unspecified atom stereocenters. The largest absolute Gasteiger partial charge is 0.469 e. The first kappa shape index (κ1) is 97.9. The second-order valence-electron chi connectivity index (χ2n) is 41.5. The van der Waals surface area contributed by atoms with Gasteiger partial charge in [-0.15, -0.1) is 0 Å². The fourth-order valence-corrected chi connectivity index (χ4v) is 28.8. The fourth-order valence-electron chi connectivity index (χ4n) is 28.8. The Morgan fingerprint density at radius 1 is 0.354 bits per heavy atom. The lowest BCUT2D eigenvalue weighted by atomic mass is 9.47. The molecule has 12 heteroatoms. The molecule has 0 aliphatic heterocycles. The second kappa shape index (κ2) is 41.3. The molecule has 0 radical (unpaired) electrons. The topological polar surface area (TPSA) is 158 Å². The third-order valence-electron chi connectivity index (χ3n) is 35.3. The van der Waals surface area contributed by atoms with E-state index in [1.54, 1.807) is 0 Å². The zero-order valence-electron chi connectivity index (χ0n) is 72.9. The van der Waals surface area contributed by atoms with E-state index in [4.69, 9.17) is 14.2 Å². The molecule has 12 rings (SSSR count). The number of allylic oxidation sites excluding steroid dienone is 3. The molecule has 0 amide bonds. The number of carbonyl (C=O) groups is 6. The molecule has 0 spiro atoms. The average Bonchev–Trinajstić information content (AvgIpc) is 1.67.